The zero-order chi connectivity index (χ0) is 10.1. The van der Waals surface area contributed by atoms with Crippen LogP contribution in [0.5, 0.6) is 0 Å². The Morgan fingerprint density at radius 1 is 1.85 bits per heavy atom. The second kappa shape index (κ2) is 3.52. The molecule has 0 unspecified atom stereocenters. The maximum absolute atomic E-state index is 9.85. The van der Waals surface area contributed by atoms with Crippen LogP contribution in [0.2, 0.25) is 0 Å². The smallest absolute Gasteiger partial charge is 0.117 e. The van der Waals surface area contributed by atoms with E-state index in [-0.39, 0.29) is 0 Å². The Labute approximate surface area is 78.3 Å². The monoisotopic (exact) mass is 184 g/mol. The standard InChI is InChI=1S/C10H16O3/c1-4-13-7(2)9-5-8(11)6-10(9,3)12/h5,8,11-12H,2,4,6H2,1,3H3/t8-,10-/m1/s1. The second-order valence-electron chi connectivity index (χ2n) is 3.48. The van der Waals surface area contributed by atoms with Crippen molar-refractivity contribution in [1.29, 1.82) is 0 Å². The van der Waals surface area contributed by atoms with Gasteiger partial charge in [-0.3, -0.25) is 0 Å². The van der Waals surface area contributed by atoms with E-state index in [2.05, 4.69) is 6.58 Å². The van der Waals surface area contributed by atoms with Gasteiger partial charge in [0.1, 0.15) is 5.76 Å². The molecule has 74 valence electrons. The van der Waals surface area contributed by atoms with Gasteiger partial charge in [-0.15, -0.1) is 0 Å². The van der Waals surface area contributed by atoms with Crippen LogP contribution in [0.25, 0.3) is 0 Å². The van der Waals surface area contributed by atoms with E-state index in [0.29, 0.717) is 24.4 Å². The maximum Gasteiger partial charge on any atom is 0.117 e. The average Bonchev–Trinajstić information content (AvgIpc) is 2.24. The zero-order valence-corrected chi connectivity index (χ0v) is 8.08. The van der Waals surface area contributed by atoms with Gasteiger partial charge in [-0.1, -0.05) is 6.58 Å². The van der Waals surface area contributed by atoms with Crippen LogP contribution >= 0.6 is 0 Å². The molecule has 0 heterocycles. The molecule has 0 bridgehead atoms. The van der Waals surface area contributed by atoms with Crippen LogP contribution in [-0.4, -0.2) is 28.5 Å². The third kappa shape index (κ3) is 2.11. The van der Waals surface area contributed by atoms with Gasteiger partial charge in [0.05, 0.1) is 18.3 Å². The average molecular weight is 184 g/mol. The summed E-state index contributed by atoms with van der Waals surface area (Å²) in [6, 6.07) is 0. The molecule has 0 spiro atoms. The first-order valence-corrected chi connectivity index (χ1v) is 4.42. The molecule has 0 aromatic heterocycles. The van der Waals surface area contributed by atoms with Gasteiger partial charge in [-0.05, 0) is 19.9 Å². The Hall–Kier alpha value is -0.800. The maximum atomic E-state index is 9.85. The van der Waals surface area contributed by atoms with Crippen LogP contribution in [0, 0.1) is 0 Å². The molecule has 13 heavy (non-hydrogen) atoms. The summed E-state index contributed by atoms with van der Waals surface area (Å²) in [6.07, 6.45) is 1.31. The molecule has 0 aromatic rings. The first-order valence-electron chi connectivity index (χ1n) is 4.42. The summed E-state index contributed by atoms with van der Waals surface area (Å²) in [5.41, 5.74) is -0.409. The highest BCUT2D eigenvalue weighted by Crippen LogP contribution is 2.34. The van der Waals surface area contributed by atoms with Gasteiger partial charge in [0.2, 0.25) is 0 Å². The summed E-state index contributed by atoms with van der Waals surface area (Å²) in [5, 5.41) is 19.2. The van der Waals surface area contributed by atoms with Crippen molar-refractivity contribution in [2.75, 3.05) is 6.61 Å². The summed E-state index contributed by atoms with van der Waals surface area (Å²) >= 11 is 0. The van der Waals surface area contributed by atoms with E-state index in [1.54, 1.807) is 13.0 Å². The Kier molecular flexibility index (Phi) is 2.78. The molecule has 2 N–H and O–H groups in total. The lowest BCUT2D eigenvalue weighted by atomic mass is 9.97. The highest BCUT2D eigenvalue weighted by molar-refractivity contribution is 5.37. The highest BCUT2D eigenvalue weighted by atomic mass is 16.5. The number of ether oxygens (including phenoxy) is 1. The van der Waals surface area contributed by atoms with Crippen molar-refractivity contribution >= 4 is 0 Å². The van der Waals surface area contributed by atoms with Gasteiger partial charge in [0.15, 0.2) is 0 Å². The first kappa shape index (κ1) is 10.3. The normalized spacial score (nSPS) is 32.9. The highest BCUT2D eigenvalue weighted by Gasteiger charge is 2.36. The number of rotatable bonds is 3. The van der Waals surface area contributed by atoms with Crippen LogP contribution < -0.4 is 0 Å². The number of aliphatic hydroxyl groups is 2. The predicted molar refractivity (Wildman–Crippen MR) is 50.1 cm³/mol. The molecule has 3 heteroatoms. The third-order valence-corrected chi connectivity index (χ3v) is 2.16. The molecule has 1 rings (SSSR count). The van der Waals surface area contributed by atoms with Crippen molar-refractivity contribution in [3.05, 3.63) is 24.0 Å². The summed E-state index contributed by atoms with van der Waals surface area (Å²) in [5.74, 6) is 0.448. The van der Waals surface area contributed by atoms with Gasteiger partial charge < -0.3 is 14.9 Å². The van der Waals surface area contributed by atoms with Gasteiger partial charge in [0, 0.05) is 12.0 Å². The topological polar surface area (TPSA) is 49.7 Å². The molecule has 0 radical (unpaired) electrons. The summed E-state index contributed by atoms with van der Waals surface area (Å²) in [7, 11) is 0. The van der Waals surface area contributed by atoms with E-state index in [1.807, 2.05) is 6.92 Å². The summed E-state index contributed by atoms with van der Waals surface area (Å²) < 4.78 is 5.18. The van der Waals surface area contributed by atoms with Crippen LogP contribution in [0.1, 0.15) is 20.3 Å². The molecule has 3 nitrogen and oxygen atoms in total. The van der Waals surface area contributed by atoms with E-state index in [4.69, 9.17) is 4.74 Å². The third-order valence-electron chi connectivity index (χ3n) is 2.16. The Bertz CT molecular complexity index is 241. The molecule has 0 amide bonds. The fraction of sp³-hybridized carbons (Fsp3) is 0.600. The van der Waals surface area contributed by atoms with E-state index in [0.717, 1.165) is 0 Å². The zero-order valence-electron chi connectivity index (χ0n) is 8.08. The minimum Gasteiger partial charge on any atom is -0.494 e. The first-order chi connectivity index (χ1) is 5.97. The van der Waals surface area contributed by atoms with Gasteiger partial charge in [0.25, 0.3) is 0 Å². The molecule has 0 saturated heterocycles. The van der Waals surface area contributed by atoms with Crippen LogP contribution in [0.4, 0.5) is 0 Å². The lowest BCUT2D eigenvalue weighted by molar-refractivity contribution is 0.0614. The lowest BCUT2D eigenvalue weighted by Crippen LogP contribution is -2.26. The predicted octanol–water partition coefficient (Wildman–Crippen LogP) is 0.979. The van der Waals surface area contributed by atoms with Gasteiger partial charge >= 0.3 is 0 Å². The van der Waals surface area contributed by atoms with Crippen LogP contribution in [0.3, 0.4) is 0 Å². The van der Waals surface area contributed by atoms with E-state index in [1.165, 1.54) is 0 Å². The molecule has 1 aliphatic rings. The minimum atomic E-state index is -1.01. The Morgan fingerprint density at radius 2 is 2.46 bits per heavy atom. The fourth-order valence-corrected chi connectivity index (χ4v) is 1.59. The number of hydrogen-bond acceptors (Lipinski definition) is 3. The molecule has 1 aliphatic carbocycles. The van der Waals surface area contributed by atoms with Crippen LogP contribution in [-0.2, 0) is 4.74 Å². The largest absolute Gasteiger partial charge is 0.494 e. The van der Waals surface area contributed by atoms with Crippen molar-refractivity contribution in [3.63, 3.8) is 0 Å². The molecular weight excluding hydrogens is 168 g/mol. The van der Waals surface area contributed by atoms with Crippen molar-refractivity contribution in [2.45, 2.75) is 32.0 Å². The summed E-state index contributed by atoms with van der Waals surface area (Å²) in [6.45, 7) is 7.72. The van der Waals surface area contributed by atoms with Crippen LogP contribution in [0.15, 0.2) is 24.0 Å². The molecule has 0 saturated carbocycles. The SMILES string of the molecule is C=C(OCC)C1=C[C@@H](O)C[C@@]1(C)O. The number of hydrogen-bond donors (Lipinski definition) is 2. The van der Waals surface area contributed by atoms with E-state index in [9.17, 15) is 10.2 Å². The molecule has 2 atom stereocenters. The van der Waals surface area contributed by atoms with Crippen molar-refractivity contribution < 1.29 is 14.9 Å². The Balaban J connectivity index is 2.78. The van der Waals surface area contributed by atoms with Crippen molar-refractivity contribution in [3.8, 4) is 0 Å². The van der Waals surface area contributed by atoms with Crippen molar-refractivity contribution in [1.82, 2.24) is 0 Å². The van der Waals surface area contributed by atoms with E-state index >= 15 is 0 Å². The lowest BCUT2D eigenvalue weighted by Gasteiger charge is -2.22. The molecule has 0 aliphatic heterocycles. The molecular formula is C10H16O3. The van der Waals surface area contributed by atoms with Gasteiger partial charge in [-0.2, -0.15) is 0 Å². The van der Waals surface area contributed by atoms with Gasteiger partial charge in [-0.25, -0.2) is 0 Å². The quantitative estimate of drug-likeness (QED) is 0.643. The summed E-state index contributed by atoms with van der Waals surface area (Å²) in [4.78, 5) is 0. The number of aliphatic hydroxyl groups excluding tert-OH is 1. The minimum absolute atomic E-state index is 0.314. The Morgan fingerprint density at radius 3 is 2.85 bits per heavy atom. The molecule has 0 fully saturated rings. The fourth-order valence-electron chi connectivity index (χ4n) is 1.59. The molecule has 0 aromatic carbocycles. The van der Waals surface area contributed by atoms with E-state index < -0.39 is 11.7 Å². The van der Waals surface area contributed by atoms with Crippen molar-refractivity contribution in [2.24, 2.45) is 0 Å². The second-order valence-corrected chi connectivity index (χ2v) is 3.48.